The monoisotopic (exact) mass is 433 g/mol. The van der Waals surface area contributed by atoms with E-state index < -0.39 is 0 Å². The summed E-state index contributed by atoms with van der Waals surface area (Å²) in [6, 6.07) is 10.1. The summed E-state index contributed by atoms with van der Waals surface area (Å²) >= 11 is 0. The molecule has 0 radical (unpaired) electrons. The molecule has 7 nitrogen and oxygen atoms in total. The van der Waals surface area contributed by atoms with Gasteiger partial charge in [0.1, 0.15) is 17.1 Å². The molecule has 7 heteroatoms. The fraction of sp³-hybridized carbons (Fsp3) is 0.480. The molecule has 1 fully saturated rings. The molecule has 1 saturated heterocycles. The molecule has 1 amide bonds. The molecule has 4 heterocycles. The van der Waals surface area contributed by atoms with Gasteiger partial charge in [-0.3, -0.25) is 4.79 Å². The Bertz CT molecular complexity index is 1120. The van der Waals surface area contributed by atoms with Crippen molar-refractivity contribution in [3.63, 3.8) is 0 Å². The van der Waals surface area contributed by atoms with Gasteiger partial charge in [-0.2, -0.15) is 0 Å². The second-order valence-electron chi connectivity index (χ2n) is 8.80. The van der Waals surface area contributed by atoms with E-state index in [1.165, 1.54) is 12.1 Å². The minimum absolute atomic E-state index is 0.0744. The van der Waals surface area contributed by atoms with E-state index in [9.17, 15) is 4.79 Å². The summed E-state index contributed by atoms with van der Waals surface area (Å²) in [6.07, 6.45) is 5.42. The summed E-state index contributed by atoms with van der Waals surface area (Å²) in [5.41, 5.74) is 4.39. The molecule has 3 aromatic rings. The third-order valence-electron chi connectivity index (χ3n) is 6.64. The Morgan fingerprint density at radius 2 is 1.78 bits per heavy atom. The number of imidazole rings is 1. The Morgan fingerprint density at radius 3 is 2.59 bits per heavy atom. The molecule has 2 aliphatic rings. The van der Waals surface area contributed by atoms with Gasteiger partial charge >= 0.3 is 0 Å². The molecule has 0 saturated carbocycles. The van der Waals surface area contributed by atoms with Crippen LogP contribution in [-0.2, 0) is 13.0 Å². The highest BCUT2D eigenvalue weighted by Crippen LogP contribution is 2.26. The van der Waals surface area contributed by atoms with Crippen LogP contribution in [0.2, 0.25) is 0 Å². The van der Waals surface area contributed by atoms with Crippen molar-refractivity contribution in [2.24, 2.45) is 0 Å². The van der Waals surface area contributed by atoms with Gasteiger partial charge in [0.05, 0.1) is 12.7 Å². The van der Waals surface area contributed by atoms with Crippen molar-refractivity contribution in [2.75, 3.05) is 38.2 Å². The molecule has 0 bridgehead atoms. The molecule has 5 rings (SSSR count). The van der Waals surface area contributed by atoms with Crippen molar-refractivity contribution in [1.29, 1.82) is 0 Å². The van der Waals surface area contributed by atoms with Gasteiger partial charge in [0.25, 0.3) is 5.91 Å². The largest absolute Gasteiger partial charge is 0.497 e. The van der Waals surface area contributed by atoms with Crippen molar-refractivity contribution >= 4 is 22.8 Å². The van der Waals surface area contributed by atoms with Crippen LogP contribution in [0.25, 0.3) is 11.2 Å². The third-order valence-corrected chi connectivity index (χ3v) is 6.64. The lowest BCUT2D eigenvalue weighted by Crippen LogP contribution is -2.35. The van der Waals surface area contributed by atoms with Crippen molar-refractivity contribution in [1.82, 2.24) is 19.4 Å². The normalized spacial score (nSPS) is 17.1. The lowest BCUT2D eigenvalue weighted by molar-refractivity contribution is 0.0768. The SMILES string of the molecule is COc1ccc(N2CCCN(C(=O)c3cc(C)nc4c3nc3n4CCCCC3)CC2)cc1. The van der Waals surface area contributed by atoms with Crippen molar-refractivity contribution in [2.45, 2.75) is 45.6 Å². The standard InChI is InChI=1S/C25H31N5O2/c1-18-17-21(23-24(26-18)30-14-5-3-4-7-22(30)27-23)25(31)29-13-6-12-28(15-16-29)19-8-10-20(32-2)11-9-19/h8-11,17H,3-7,12-16H2,1-2H3. The van der Waals surface area contributed by atoms with E-state index in [-0.39, 0.29) is 5.91 Å². The molecule has 168 valence electrons. The van der Waals surface area contributed by atoms with Crippen LogP contribution in [0.1, 0.15) is 47.6 Å². The molecule has 0 aliphatic carbocycles. The maximum atomic E-state index is 13.6. The number of ether oxygens (including phenoxy) is 1. The minimum atomic E-state index is 0.0744. The summed E-state index contributed by atoms with van der Waals surface area (Å²) in [7, 11) is 1.68. The number of aromatic nitrogens is 3. The van der Waals surface area contributed by atoms with Crippen LogP contribution in [-0.4, -0.2) is 58.6 Å². The van der Waals surface area contributed by atoms with Crippen LogP contribution in [0.3, 0.4) is 0 Å². The topological polar surface area (TPSA) is 63.5 Å². The Hall–Kier alpha value is -3.09. The minimum Gasteiger partial charge on any atom is -0.497 e. The first-order valence-corrected chi connectivity index (χ1v) is 11.7. The Kier molecular flexibility index (Phi) is 5.72. The predicted octanol–water partition coefficient (Wildman–Crippen LogP) is 3.83. The zero-order chi connectivity index (χ0) is 22.1. The fourth-order valence-corrected chi connectivity index (χ4v) is 4.92. The number of amides is 1. The number of carbonyl (C=O) groups is 1. The average molecular weight is 434 g/mol. The molecule has 32 heavy (non-hydrogen) atoms. The molecule has 2 aliphatic heterocycles. The number of pyridine rings is 1. The Balaban J connectivity index is 1.39. The van der Waals surface area contributed by atoms with Gasteiger partial charge in [0, 0.05) is 50.5 Å². The van der Waals surface area contributed by atoms with E-state index in [1.54, 1.807) is 7.11 Å². The number of benzene rings is 1. The fourth-order valence-electron chi connectivity index (χ4n) is 4.92. The molecule has 0 spiro atoms. The Labute approximate surface area is 189 Å². The van der Waals surface area contributed by atoms with Gasteiger partial charge in [0.2, 0.25) is 0 Å². The van der Waals surface area contributed by atoms with Crippen LogP contribution < -0.4 is 9.64 Å². The quantitative estimate of drug-likeness (QED) is 0.628. The van der Waals surface area contributed by atoms with Crippen LogP contribution in [0, 0.1) is 6.92 Å². The number of anilines is 1. The van der Waals surface area contributed by atoms with Crippen LogP contribution >= 0.6 is 0 Å². The number of nitrogens with zero attached hydrogens (tertiary/aromatic N) is 5. The van der Waals surface area contributed by atoms with Crippen molar-refractivity contribution < 1.29 is 9.53 Å². The van der Waals surface area contributed by atoms with Gasteiger partial charge in [0.15, 0.2) is 5.65 Å². The first-order chi connectivity index (χ1) is 15.6. The molecule has 0 atom stereocenters. The van der Waals surface area contributed by atoms with Gasteiger partial charge in [-0.05, 0) is 56.5 Å². The van der Waals surface area contributed by atoms with Gasteiger partial charge in [-0.15, -0.1) is 0 Å². The van der Waals surface area contributed by atoms with Crippen LogP contribution in [0.4, 0.5) is 5.69 Å². The van der Waals surface area contributed by atoms with E-state index in [0.29, 0.717) is 12.1 Å². The number of aryl methyl sites for hydroxylation is 3. The van der Waals surface area contributed by atoms with E-state index in [1.807, 2.05) is 30.0 Å². The van der Waals surface area contributed by atoms with Gasteiger partial charge < -0.3 is 19.1 Å². The highest BCUT2D eigenvalue weighted by molar-refractivity contribution is 6.04. The number of hydrogen-bond donors (Lipinski definition) is 0. The molecular weight excluding hydrogens is 402 g/mol. The summed E-state index contributed by atoms with van der Waals surface area (Å²) in [5.74, 6) is 2.01. The predicted molar refractivity (Wildman–Crippen MR) is 126 cm³/mol. The van der Waals surface area contributed by atoms with Gasteiger partial charge in [-0.1, -0.05) is 6.42 Å². The number of rotatable bonds is 3. The number of hydrogen-bond acceptors (Lipinski definition) is 5. The smallest absolute Gasteiger partial charge is 0.256 e. The highest BCUT2D eigenvalue weighted by Gasteiger charge is 2.25. The van der Waals surface area contributed by atoms with Gasteiger partial charge in [-0.25, -0.2) is 9.97 Å². The number of methoxy groups -OCH3 is 1. The summed E-state index contributed by atoms with van der Waals surface area (Å²) in [4.78, 5) is 27.7. The van der Waals surface area contributed by atoms with Crippen LogP contribution in [0.15, 0.2) is 30.3 Å². The average Bonchev–Trinajstić information content (AvgIpc) is 3.01. The number of carbonyl (C=O) groups excluding carboxylic acids is 1. The highest BCUT2D eigenvalue weighted by atomic mass is 16.5. The van der Waals surface area contributed by atoms with Crippen LogP contribution in [0.5, 0.6) is 5.75 Å². The molecule has 2 aromatic heterocycles. The van der Waals surface area contributed by atoms with E-state index in [4.69, 9.17) is 14.7 Å². The number of fused-ring (bicyclic) bond motifs is 3. The first-order valence-electron chi connectivity index (χ1n) is 11.7. The maximum Gasteiger partial charge on any atom is 0.256 e. The second kappa shape index (κ2) is 8.81. The molecule has 1 aromatic carbocycles. The van der Waals surface area contributed by atoms with E-state index >= 15 is 0 Å². The maximum absolute atomic E-state index is 13.6. The Morgan fingerprint density at radius 1 is 0.938 bits per heavy atom. The molecular formula is C25H31N5O2. The van der Waals surface area contributed by atoms with Crippen molar-refractivity contribution in [3.05, 3.63) is 47.4 Å². The molecule has 0 unspecified atom stereocenters. The lowest BCUT2D eigenvalue weighted by Gasteiger charge is -2.24. The second-order valence-corrected chi connectivity index (χ2v) is 8.80. The lowest BCUT2D eigenvalue weighted by atomic mass is 10.1. The first kappa shape index (κ1) is 20.8. The third kappa shape index (κ3) is 3.92. The molecule has 0 N–H and O–H groups in total. The van der Waals surface area contributed by atoms with Crippen molar-refractivity contribution in [3.8, 4) is 5.75 Å². The summed E-state index contributed by atoms with van der Waals surface area (Å²) < 4.78 is 7.51. The zero-order valence-electron chi connectivity index (χ0n) is 19.0. The van der Waals surface area contributed by atoms with E-state index in [0.717, 1.165) is 80.3 Å². The zero-order valence-corrected chi connectivity index (χ0v) is 19.0. The van der Waals surface area contributed by atoms with E-state index in [2.05, 4.69) is 21.6 Å². The summed E-state index contributed by atoms with van der Waals surface area (Å²) in [5, 5.41) is 0. The summed E-state index contributed by atoms with van der Waals surface area (Å²) in [6.45, 7) is 6.10.